The second-order valence-corrected chi connectivity index (χ2v) is 5.88. The zero-order valence-electron chi connectivity index (χ0n) is 13.7. The molecule has 0 unspecified atom stereocenters. The predicted octanol–water partition coefficient (Wildman–Crippen LogP) is 2.33. The summed E-state index contributed by atoms with van der Waals surface area (Å²) in [5, 5.41) is 16.0. The van der Waals surface area contributed by atoms with E-state index in [1.54, 1.807) is 25.5 Å². The number of aromatic nitrogens is 2. The average Bonchev–Trinajstić information content (AvgIpc) is 2.86. The number of hydrogen-bond donors (Lipinski definition) is 2. The van der Waals surface area contributed by atoms with Gasteiger partial charge in [-0.15, -0.1) is 0 Å². The molecule has 0 bridgehead atoms. The third kappa shape index (κ3) is 3.41. The van der Waals surface area contributed by atoms with E-state index in [1.165, 1.54) is 6.20 Å². The zero-order valence-corrected chi connectivity index (χ0v) is 13.7. The fourth-order valence-electron chi connectivity index (χ4n) is 2.41. The number of nitrogens with one attached hydrogen (secondary N) is 1. The van der Waals surface area contributed by atoms with E-state index in [2.05, 4.69) is 10.4 Å². The molecule has 122 valence electrons. The van der Waals surface area contributed by atoms with Gasteiger partial charge >= 0.3 is 5.97 Å². The Morgan fingerprint density at radius 2 is 1.87 bits per heavy atom. The number of nitrogens with zero attached hydrogens (tertiary/aromatic N) is 2. The van der Waals surface area contributed by atoms with Crippen molar-refractivity contribution in [2.24, 2.45) is 5.92 Å². The van der Waals surface area contributed by atoms with Crippen molar-refractivity contribution < 1.29 is 14.7 Å². The van der Waals surface area contributed by atoms with Gasteiger partial charge in [-0.2, -0.15) is 5.10 Å². The summed E-state index contributed by atoms with van der Waals surface area (Å²) in [6.45, 7) is 7.26. The first-order chi connectivity index (χ1) is 10.8. The van der Waals surface area contributed by atoms with Crippen molar-refractivity contribution in [2.75, 3.05) is 0 Å². The van der Waals surface area contributed by atoms with E-state index >= 15 is 0 Å². The van der Waals surface area contributed by atoms with E-state index in [4.69, 9.17) is 0 Å². The molecule has 0 fully saturated rings. The molecule has 2 aromatic rings. The number of amides is 1. The van der Waals surface area contributed by atoms with Crippen molar-refractivity contribution >= 4 is 11.9 Å². The number of para-hydroxylation sites is 1. The minimum absolute atomic E-state index is 0.205. The smallest absolute Gasteiger partial charge is 0.326 e. The SMILES string of the molecule is Cc1ccccc1-n1ncc(C(=O)N[C@H](C(=O)O)C(C)C)c1C. The van der Waals surface area contributed by atoms with Gasteiger partial charge < -0.3 is 10.4 Å². The van der Waals surface area contributed by atoms with E-state index in [-0.39, 0.29) is 5.92 Å². The van der Waals surface area contributed by atoms with Crippen molar-refractivity contribution in [3.05, 3.63) is 47.3 Å². The highest BCUT2D eigenvalue weighted by atomic mass is 16.4. The quantitative estimate of drug-likeness (QED) is 0.887. The van der Waals surface area contributed by atoms with Crippen LogP contribution in [0, 0.1) is 19.8 Å². The molecule has 2 rings (SSSR count). The Bertz CT molecular complexity index is 734. The van der Waals surface area contributed by atoms with Crippen LogP contribution in [-0.2, 0) is 4.79 Å². The highest BCUT2D eigenvalue weighted by Gasteiger charge is 2.25. The van der Waals surface area contributed by atoms with E-state index in [0.717, 1.165) is 11.3 Å². The lowest BCUT2D eigenvalue weighted by atomic mass is 10.0. The highest BCUT2D eigenvalue weighted by molar-refractivity contribution is 5.97. The van der Waals surface area contributed by atoms with Gasteiger partial charge in [0.05, 0.1) is 23.1 Å². The van der Waals surface area contributed by atoms with Crippen molar-refractivity contribution in [3.63, 3.8) is 0 Å². The van der Waals surface area contributed by atoms with Gasteiger partial charge in [0.25, 0.3) is 5.91 Å². The first-order valence-electron chi connectivity index (χ1n) is 7.47. The molecule has 6 nitrogen and oxygen atoms in total. The normalized spacial score (nSPS) is 12.2. The van der Waals surface area contributed by atoms with Crippen LogP contribution in [0.1, 0.15) is 35.5 Å². The van der Waals surface area contributed by atoms with Gasteiger partial charge in [-0.05, 0) is 31.4 Å². The van der Waals surface area contributed by atoms with Gasteiger partial charge in [-0.25, -0.2) is 9.48 Å². The molecule has 23 heavy (non-hydrogen) atoms. The number of carboxylic acid groups (broad SMARTS) is 1. The molecule has 0 saturated carbocycles. The van der Waals surface area contributed by atoms with Crippen LogP contribution in [0.3, 0.4) is 0 Å². The molecule has 2 N–H and O–H groups in total. The molecular formula is C17H21N3O3. The molecule has 1 heterocycles. The maximum absolute atomic E-state index is 12.4. The molecular weight excluding hydrogens is 294 g/mol. The van der Waals surface area contributed by atoms with Gasteiger partial charge in [0.1, 0.15) is 6.04 Å². The van der Waals surface area contributed by atoms with Crippen molar-refractivity contribution in [1.82, 2.24) is 15.1 Å². The Kier molecular flexibility index (Phi) is 4.83. The van der Waals surface area contributed by atoms with Crippen LogP contribution in [-0.4, -0.2) is 32.8 Å². The van der Waals surface area contributed by atoms with Gasteiger partial charge in [0.2, 0.25) is 0 Å². The summed E-state index contributed by atoms with van der Waals surface area (Å²) in [5.74, 6) is -1.68. The van der Waals surface area contributed by atoms with Crippen LogP contribution < -0.4 is 5.32 Å². The largest absolute Gasteiger partial charge is 0.480 e. The van der Waals surface area contributed by atoms with Crippen LogP contribution >= 0.6 is 0 Å². The predicted molar refractivity (Wildman–Crippen MR) is 86.8 cm³/mol. The van der Waals surface area contributed by atoms with E-state index in [1.807, 2.05) is 31.2 Å². The Morgan fingerprint density at radius 1 is 1.22 bits per heavy atom. The third-order valence-corrected chi connectivity index (χ3v) is 3.82. The third-order valence-electron chi connectivity index (χ3n) is 3.82. The maximum Gasteiger partial charge on any atom is 0.326 e. The second-order valence-electron chi connectivity index (χ2n) is 5.88. The van der Waals surface area contributed by atoms with Crippen molar-refractivity contribution in [1.29, 1.82) is 0 Å². The summed E-state index contributed by atoms with van der Waals surface area (Å²) in [4.78, 5) is 23.6. The first kappa shape index (κ1) is 16.7. The molecule has 0 aliphatic heterocycles. The fraction of sp³-hybridized carbons (Fsp3) is 0.353. The summed E-state index contributed by atoms with van der Waals surface area (Å²) >= 11 is 0. The fourth-order valence-corrected chi connectivity index (χ4v) is 2.41. The van der Waals surface area contributed by atoms with E-state index in [9.17, 15) is 14.7 Å². The Balaban J connectivity index is 2.31. The van der Waals surface area contributed by atoms with Crippen LogP contribution in [0.25, 0.3) is 5.69 Å². The lowest BCUT2D eigenvalue weighted by Crippen LogP contribution is -2.44. The number of benzene rings is 1. The standard InChI is InChI=1S/C17H21N3O3/c1-10(2)15(17(22)23)19-16(21)13-9-18-20(12(13)4)14-8-6-5-7-11(14)3/h5-10,15H,1-4H3,(H,19,21)(H,22,23)/t15-/m0/s1. The lowest BCUT2D eigenvalue weighted by Gasteiger charge is -2.17. The average molecular weight is 315 g/mol. The number of aryl methyl sites for hydroxylation is 1. The molecule has 1 amide bonds. The van der Waals surface area contributed by atoms with Crippen LogP contribution in [0.2, 0.25) is 0 Å². The first-order valence-corrected chi connectivity index (χ1v) is 7.47. The molecule has 1 aromatic heterocycles. The summed E-state index contributed by atoms with van der Waals surface area (Å²) in [6, 6.07) is 6.80. The molecule has 1 aromatic carbocycles. The van der Waals surface area contributed by atoms with Crippen molar-refractivity contribution in [2.45, 2.75) is 33.7 Å². The second kappa shape index (κ2) is 6.64. The summed E-state index contributed by atoms with van der Waals surface area (Å²) < 4.78 is 1.69. The summed E-state index contributed by atoms with van der Waals surface area (Å²) in [5.41, 5.74) is 2.98. The molecule has 0 aliphatic carbocycles. The minimum Gasteiger partial charge on any atom is -0.480 e. The summed E-state index contributed by atoms with van der Waals surface area (Å²) in [7, 11) is 0. The van der Waals surface area contributed by atoms with Gasteiger partial charge in [0.15, 0.2) is 0 Å². The maximum atomic E-state index is 12.4. The number of carbonyl (C=O) groups excluding carboxylic acids is 1. The van der Waals surface area contributed by atoms with Gasteiger partial charge in [-0.1, -0.05) is 32.0 Å². The minimum atomic E-state index is -1.04. The van der Waals surface area contributed by atoms with Gasteiger partial charge in [0, 0.05) is 0 Å². The van der Waals surface area contributed by atoms with E-state index in [0.29, 0.717) is 11.3 Å². The van der Waals surface area contributed by atoms with Crippen molar-refractivity contribution in [3.8, 4) is 5.69 Å². The monoisotopic (exact) mass is 315 g/mol. The lowest BCUT2D eigenvalue weighted by molar-refractivity contribution is -0.140. The number of hydrogen-bond acceptors (Lipinski definition) is 3. The number of carbonyl (C=O) groups is 2. The zero-order chi connectivity index (χ0) is 17.1. The molecule has 0 radical (unpaired) electrons. The molecule has 0 saturated heterocycles. The molecule has 1 atom stereocenters. The van der Waals surface area contributed by atoms with Gasteiger partial charge in [-0.3, -0.25) is 4.79 Å². The number of carboxylic acids is 1. The number of aliphatic carboxylic acids is 1. The van der Waals surface area contributed by atoms with Crippen LogP contribution in [0.15, 0.2) is 30.5 Å². The highest BCUT2D eigenvalue weighted by Crippen LogP contribution is 2.17. The Hall–Kier alpha value is -2.63. The van der Waals surface area contributed by atoms with Crippen LogP contribution in [0.5, 0.6) is 0 Å². The molecule has 6 heteroatoms. The Labute approximate surface area is 135 Å². The topological polar surface area (TPSA) is 84.2 Å². The number of rotatable bonds is 5. The summed E-state index contributed by atoms with van der Waals surface area (Å²) in [6.07, 6.45) is 1.47. The molecule has 0 spiro atoms. The van der Waals surface area contributed by atoms with E-state index < -0.39 is 17.9 Å². The Morgan fingerprint density at radius 3 is 2.43 bits per heavy atom. The van der Waals surface area contributed by atoms with Crippen LogP contribution in [0.4, 0.5) is 0 Å². The molecule has 0 aliphatic rings.